The van der Waals surface area contributed by atoms with Gasteiger partial charge in [-0.05, 0) is 52.0 Å². The smallest absolute Gasteiger partial charge is 0.327 e. The minimum atomic E-state index is -4.66. The number of rotatable bonds is 10. The lowest BCUT2D eigenvalue weighted by Gasteiger charge is -2.28. The minimum absolute atomic E-state index is 0.131. The Balaban J connectivity index is 2.09. The Kier molecular flexibility index (Phi) is 9.09. The Hall–Kier alpha value is -1.69. The standard InChI is InChI=1S/C25H37O6P/c1-15(2)20-10-11-24(22(13-20)17(5)6)28-30-32(26,27)31-29-25-19(9)12-21(16(3)4)14-23(25)18(7)8/h10-18,25H,9H2,1-8H3,(H,26,27). The number of hydrogen-bond acceptors (Lipinski definition) is 5. The van der Waals surface area contributed by atoms with E-state index in [-0.39, 0.29) is 11.8 Å². The van der Waals surface area contributed by atoms with E-state index in [1.807, 2.05) is 52.0 Å². The lowest BCUT2D eigenvalue weighted by Crippen LogP contribution is -2.24. The van der Waals surface area contributed by atoms with E-state index < -0.39 is 13.9 Å². The Morgan fingerprint density at radius 1 is 0.906 bits per heavy atom. The molecule has 0 heterocycles. The molecule has 6 nitrogen and oxygen atoms in total. The number of phosphoric acid groups is 1. The molecule has 0 fully saturated rings. The lowest BCUT2D eigenvalue weighted by molar-refractivity contribution is -0.262. The van der Waals surface area contributed by atoms with Crippen LogP contribution in [0.1, 0.15) is 78.4 Å². The molecule has 1 aromatic carbocycles. The predicted molar refractivity (Wildman–Crippen MR) is 127 cm³/mol. The molecule has 0 radical (unpaired) electrons. The molecule has 178 valence electrons. The van der Waals surface area contributed by atoms with Crippen molar-refractivity contribution in [3.8, 4) is 5.75 Å². The highest BCUT2D eigenvalue weighted by atomic mass is 31.2. The van der Waals surface area contributed by atoms with Crippen LogP contribution in [0.5, 0.6) is 5.75 Å². The summed E-state index contributed by atoms with van der Waals surface area (Å²) in [5.74, 6) is 1.29. The fourth-order valence-electron chi connectivity index (χ4n) is 3.38. The van der Waals surface area contributed by atoms with Crippen LogP contribution in [0.3, 0.4) is 0 Å². The third-order valence-electron chi connectivity index (χ3n) is 5.44. The van der Waals surface area contributed by atoms with Crippen molar-refractivity contribution in [2.24, 2.45) is 11.8 Å². The maximum absolute atomic E-state index is 12.4. The van der Waals surface area contributed by atoms with Crippen molar-refractivity contribution in [1.82, 2.24) is 0 Å². The molecule has 1 aliphatic rings. The van der Waals surface area contributed by atoms with Gasteiger partial charge in [0, 0.05) is 5.56 Å². The summed E-state index contributed by atoms with van der Waals surface area (Å²) in [7, 11) is -4.66. The van der Waals surface area contributed by atoms with Crippen molar-refractivity contribution in [3.05, 3.63) is 64.8 Å². The van der Waals surface area contributed by atoms with Gasteiger partial charge in [0.25, 0.3) is 0 Å². The average molecular weight is 465 g/mol. The van der Waals surface area contributed by atoms with Crippen molar-refractivity contribution in [2.75, 3.05) is 0 Å². The van der Waals surface area contributed by atoms with Crippen LogP contribution in [0.4, 0.5) is 0 Å². The molecule has 0 aliphatic heterocycles. The SMILES string of the molecule is C=C1C=C(C(C)C)C=C(C(C)C)C1OOP(=O)(O)OOc1ccc(C(C)C)cc1C(C)C. The molecule has 0 spiro atoms. The first-order valence-electron chi connectivity index (χ1n) is 11.1. The van der Waals surface area contributed by atoms with Crippen LogP contribution < -0.4 is 4.89 Å². The fraction of sp³-hybridized carbons (Fsp3) is 0.520. The Labute approximate surface area is 192 Å². The predicted octanol–water partition coefficient (Wildman–Crippen LogP) is 7.40. The molecule has 0 amide bonds. The summed E-state index contributed by atoms with van der Waals surface area (Å²) in [5.41, 5.74) is 4.69. The summed E-state index contributed by atoms with van der Waals surface area (Å²) >= 11 is 0. The molecule has 2 rings (SSSR count). The van der Waals surface area contributed by atoms with Crippen LogP contribution in [0, 0.1) is 11.8 Å². The summed E-state index contributed by atoms with van der Waals surface area (Å²) in [5, 5.41) is 0. The van der Waals surface area contributed by atoms with Gasteiger partial charge < -0.3 is 4.89 Å². The van der Waals surface area contributed by atoms with Gasteiger partial charge in [0.2, 0.25) is 0 Å². The maximum Gasteiger partial charge on any atom is 0.535 e. The molecule has 2 unspecified atom stereocenters. The van der Waals surface area contributed by atoms with Crippen LogP contribution >= 0.6 is 7.82 Å². The van der Waals surface area contributed by atoms with Gasteiger partial charge >= 0.3 is 7.82 Å². The van der Waals surface area contributed by atoms with Crippen molar-refractivity contribution in [3.63, 3.8) is 0 Å². The van der Waals surface area contributed by atoms with E-state index in [1.54, 1.807) is 6.07 Å². The van der Waals surface area contributed by atoms with E-state index in [0.29, 0.717) is 23.2 Å². The molecule has 0 bridgehead atoms. The van der Waals surface area contributed by atoms with Crippen LogP contribution in [0.15, 0.2) is 53.6 Å². The van der Waals surface area contributed by atoms with E-state index in [1.165, 1.54) is 0 Å². The van der Waals surface area contributed by atoms with Gasteiger partial charge in [-0.3, -0.25) is 4.89 Å². The highest BCUT2D eigenvalue weighted by Gasteiger charge is 2.32. The fourth-order valence-corrected chi connectivity index (χ4v) is 3.78. The van der Waals surface area contributed by atoms with E-state index in [2.05, 4.69) is 34.3 Å². The van der Waals surface area contributed by atoms with Crippen LogP contribution in [-0.4, -0.2) is 11.0 Å². The van der Waals surface area contributed by atoms with Crippen molar-refractivity contribution in [1.29, 1.82) is 0 Å². The van der Waals surface area contributed by atoms with Gasteiger partial charge in [-0.2, -0.15) is 0 Å². The first-order chi connectivity index (χ1) is 14.8. The van der Waals surface area contributed by atoms with E-state index >= 15 is 0 Å². The van der Waals surface area contributed by atoms with Gasteiger partial charge in [0.05, 0.1) is 0 Å². The third-order valence-corrected chi connectivity index (χ3v) is 5.97. The summed E-state index contributed by atoms with van der Waals surface area (Å²) in [4.78, 5) is 20.7. The second-order valence-corrected chi connectivity index (χ2v) is 10.7. The molecular formula is C25H37O6P. The molecule has 1 N–H and O–H groups in total. The quantitative estimate of drug-likeness (QED) is 0.221. The second-order valence-electron chi connectivity index (χ2n) is 9.46. The monoisotopic (exact) mass is 464 g/mol. The molecule has 1 aliphatic carbocycles. The minimum Gasteiger partial charge on any atom is -0.327 e. The van der Waals surface area contributed by atoms with Crippen LogP contribution in [0.2, 0.25) is 0 Å². The van der Waals surface area contributed by atoms with Crippen molar-refractivity contribution < 1.29 is 28.6 Å². The summed E-state index contributed by atoms with van der Waals surface area (Å²) < 4.78 is 22.1. The van der Waals surface area contributed by atoms with Gasteiger partial charge in [0.1, 0.15) is 6.10 Å². The molecule has 2 atom stereocenters. The first-order valence-corrected chi connectivity index (χ1v) is 12.6. The van der Waals surface area contributed by atoms with Crippen LogP contribution in [-0.2, 0) is 18.8 Å². The molecule has 32 heavy (non-hydrogen) atoms. The van der Waals surface area contributed by atoms with Crippen molar-refractivity contribution in [2.45, 2.75) is 73.3 Å². The molecule has 0 aromatic heterocycles. The topological polar surface area (TPSA) is 74.2 Å². The zero-order valence-corrected chi connectivity index (χ0v) is 21.3. The van der Waals surface area contributed by atoms with E-state index in [0.717, 1.165) is 22.3 Å². The normalized spacial score (nSPS) is 18.9. The van der Waals surface area contributed by atoms with Gasteiger partial charge in [0.15, 0.2) is 5.75 Å². The zero-order valence-electron chi connectivity index (χ0n) is 20.4. The highest BCUT2D eigenvalue weighted by molar-refractivity contribution is 7.47. The van der Waals surface area contributed by atoms with E-state index in [4.69, 9.17) is 19.1 Å². The molecule has 1 aromatic rings. The number of hydrogen-bond donors (Lipinski definition) is 1. The Morgan fingerprint density at radius 3 is 2.09 bits per heavy atom. The Morgan fingerprint density at radius 2 is 1.56 bits per heavy atom. The summed E-state index contributed by atoms with van der Waals surface area (Å²) in [6.45, 7) is 20.5. The molecule has 0 saturated heterocycles. The largest absolute Gasteiger partial charge is 0.535 e. The highest BCUT2D eigenvalue weighted by Crippen LogP contribution is 2.46. The summed E-state index contributed by atoms with van der Waals surface area (Å²) in [6.07, 6.45) is 3.26. The zero-order chi connectivity index (χ0) is 24.2. The molecule has 0 saturated carbocycles. The molecular weight excluding hydrogens is 427 g/mol. The first kappa shape index (κ1) is 26.6. The molecule has 7 heteroatoms. The number of benzene rings is 1. The van der Waals surface area contributed by atoms with Crippen LogP contribution in [0.25, 0.3) is 0 Å². The third kappa shape index (κ3) is 6.90. The van der Waals surface area contributed by atoms with Gasteiger partial charge in [-0.25, -0.2) is 9.45 Å². The van der Waals surface area contributed by atoms with Gasteiger partial charge in [-0.15, -0.1) is 4.67 Å². The number of allylic oxidation sites excluding steroid dienone is 2. The van der Waals surface area contributed by atoms with Crippen molar-refractivity contribution >= 4 is 7.82 Å². The van der Waals surface area contributed by atoms with Gasteiger partial charge in [-0.1, -0.05) is 90.9 Å². The second kappa shape index (κ2) is 11.0. The Bertz CT molecular complexity index is 926. The lowest BCUT2D eigenvalue weighted by atomic mass is 9.84. The average Bonchev–Trinajstić information content (AvgIpc) is 2.70. The maximum atomic E-state index is 12.4. The summed E-state index contributed by atoms with van der Waals surface area (Å²) in [6, 6.07) is 5.64. The van der Waals surface area contributed by atoms with E-state index in [9.17, 15) is 9.46 Å².